The van der Waals surface area contributed by atoms with Gasteiger partial charge in [-0.3, -0.25) is 19.2 Å². The van der Waals surface area contributed by atoms with Gasteiger partial charge in [-0.15, -0.1) is 0 Å². The molecule has 2 heterocycles. The Kier molecular flexibility index (Phi) is 8.74. The van der Waals surface area contributed by atoms with Crippen molar-refractivity contribution in [1.82, 2.24) is 15.1 Å². The average Bonchev–Trinajstić information content (AvgIpc) is 3.55. The third-order valence-electron chi connectivity index (χ3n) is 7.26. The summed E-state index contributed by atoms with van der Waals surface area (Å²) in [5.74, 6) is -2.35. The van der Waals surface area contributed by atoms with Crippen molar-refractivity contribution < 1.29 is 29.0 Å². The molecule has 196 valence electrons. The number of carboxylic acid groups (broad SMARTS) is 1. The molecule has 11 heteroatoms. The predicted molar refractivity (Wildman–Crippen MR) is 133 cm³/mol. The number of nitrogens with one attached hydrogen (secondary N) is 1. The van der Waals surface area contributed by atoms with Gasteiger partial charge in [0.2, 0.25) is 0 Å². The van der Waals surface area contributed by atoms with E-state index in [9.17, 15) is 24.3 Å². The van der Waals surface area contributed by atoms with Gasteiger partial charge in [-0.05, 0) is 49.8 Å². The Bertz CT molecular complexity index is 1010. The number of hydrogen-bond acceptors (Lipinski definition) is 5. The second-order valence-electron chi connectivity index (χ2n) is 9.65. The first-order chi connectivity index (χ1) is 17.3. The Morgan fingerprint density at radius 1 is 1.00 bits per heavy atom. The fourth-order valence-electron chi connectivity index (χ4n) is 5.42. The van der Waals surface area contributed by atoms with Crippen molar-refractivity contribution in [3.8, 4) is 0 Å². The number of nitrogens with zero attached hydrogens (tertiary/aromatic N) is 2. The molecule has 0 radical (unpaired) electrons. The predicted octanol–water partition coefficient (Wildman–Crippen LogP) is 3.32. The largest absolute Gasteiger partial charge is 0.481 e. The highest BCUT2D eigenvalue weighted by Gasteiger charge is 2.46. The van der Waals surface area contributed by atoms with Gasteiger partial charge in [0.15, 0.2) is 6.17 Å². The molecule has 3 amide bonds. The highest BCUT2D eigenvalue weighted by atomic mass is 35.5. The molecule has 0 aromatic heterocycles. The molecule has 36 heavy (non-hydrogen) atoms. The van der Waals surface area contributed by atoms with Crippen LogP contribution in [0, 0.1) is 5.92 Å². The first kappa shape index (κ1) is 26.7. The van der Waals surface area contributed by atoms with Gasteiger partial charge < -0.3 is 25.0 Å². The summed E-state index contributed by atoms with van der Waals surface area (Å²) in [6, 6.07) is 3.87. The Hall–Kier alpha value is -2.36. The number of aliphatic carboxylic acids is 1. The monoisotopic (exact) mass is 539 g/mol. The van der Waals surface area contributed by atoms with Crippen LogP contribution in [0.1, 0.15) is 61.7 Å². The van der Waals surface area contributed by atoms with E-state index in [1.165, 1.54) is 28.0 Å². The zero-order chi connectivity index (χ0) is 25.8. The van der Waals surface area contributed by atoms with Crippen molar-refractivity contribution in [3.63, 3.8) is 0 Å². The molecule has 0 bridgehead atoms. The lowest BCUT2D eigenvalue weighted by atomic mass is 9.82. The lowest BCUT2D eigenvalue weighted by molar-refractivity contribution is -0.149. The standard InChI is InChI=1S/C25H31Cl2N3O6/c26-17-9-8-16(13-18(17)27)24(34)29-10-11-30(25(35)20-7-4-12-36-20)23(29)22(33)28-19(14-21(31)32)15-5-2-1-3-6-15/h8-9,13,15,19-20,23H,1-7,10-12,14H2,(H,28,33)(H,31,32). The van der Waals surface area contributed by atoms with Gasteiger partial charge in [-0.2, -0.15) is 0 Å². The van der Waals surface area contributed by atoms with E-state index >= 15 is 0 Å². The van der Waals surface area contributed by atoms with E-state index in [-0.39, 0.29) is 41.9 Å². The van der Waals surface area contributed by atoms with Crippen LogP contribution in [0.4, 0.5) is 0 Å². The quantitative estimate of drug-likeness (QED) is 0.548. The molecule has 3 fully saturated rings. The number of benzene rings is 1. The van der Waals surface area contributed by atoms with E-state index in [4.69, 9.17) is 27.9 Å². The maximum atomic E-state index is 13.7. The summed E-state index contributed by atoms with van der Waals surface area (Å²) < 4.78 is 5.56. The van der Waals surface area contributed by atoms with E-state index in [1.54, 1.807) is 0 Å². The molecule has 1 aliphatic carbocycles. The van der Waals surface area contributed by atoms with Gasteiger partial charge in [-0.1, -0.05) is 42.5 Å². The fraction of sp³-hybridized carbons (Fsp3) is 0.600. The number of hydrogen-bond donors (Lipinski definition) is 2. The summed E-state index contributed by atoms with van der Waals surface area (Å²) in [5.41, 5.74) is 0.239. The molecule has 3 atom stereocenters. The first-order valence-electron chi connectivity index (χ1n) is 12.5. The lowest BCUT2D eigenvalue weighted by Gasteiger charge is -2.34. The molecular weight excluding hydrogens is 509 g/mol. The maximum Gasteiger partial charge on any atom is 0.305 e. The van der Waals surface area contributed by atoms with Crippen molar-refractivity contribution >= 4 is 46.9 Å². The first-order valence-corrected chi connectivity index (χ1v) is 13.2. The number of amides is 3. The third kappa shape index (κ3) is 5.95. The topological polar surface area (TPSA) is 116 Å². The van der Waals surface area contributed by atoms with Gasteiger partial charge in [-0.25, -0.2) is 0 Å². The summed E-state index contributed by atoms with van der Waals surface area (Å²) in [5, 5.41) is 12.9. The zero-order valence-corrected chi connectivity index (χ0v) is 21.5. The van der Waals surface area contributed by atoms with Crippen molar-refractivity contribution in [2.75, 3.05) is 19.7 Å². The number of rotatable bonds is 7. The van der Waals surface area contributed by atoms with Crippen LogP contribution >= 0.6 is 23.2 Å². The molecule has 2 aliphatic heterocycles. The minimum Gasteiger partial charge on any atom is -0.481 e. The highest BCUT2D eigenvalue weighted by Crippen LogP contribution is 2.30. The van der Waals surface area contributed by atoms with E-state index < -0.39 is 36.1 Å². The number of ether oxygens (including phenoxy) is 1. The van der Waals surface area contributed by atoms with E-state index in [2.05, 4.69) is 5.32 Å². The van der Waals surface area contributed by atoms with Crippen LogP contribution in [0.3, 0.4) is 0 Å². The lowest BCUT2D eigenvalue weighted by Crippen LogP contribution is -2.58. The van der Waals surface area contributed by atoms with Crippen LogP contribution in [-0.4, -0.2) is 76.6 Å². The third-order valence-corrected chi connectivity index (χ3v) is 8.00. The van der Waals surface area contributed by atoms with Gasteiger partial charge in [0.1, 0.15) is 6.10 Å². The smallest absolute Gasteiger partial charge is 0.305 e. The van der Waals surface area contributed by atoms with Crippen molar-refractivity contribution in [2.45, 2.75) is 69.7 Å². The molecule has 9 nitrogen and oxygen atoms in total. The van der Waals surface area contributed by atoms with E-state index in [0.29, 0.717) is 18.1 Å². The molecule has 1 aromatic rings. The molecule has 3 aliphatic rings. The molecule has 0 spiro atoms. The van der Waals surface area contributed by atoms with Crippen molar-refractivity contribution in [2.24, 2.45) is 5.92 Å². The number of carbonyl (C=O) groups excluding carboxylic acids is 3. The maximum absolute atomic E-state index is 13.7. The Balaban J connectivity index is 1.60. The second kappa shape index (κ2) is 11.8. The summed E-state index contributed by atoms with van der Waals surface area (Å²) in [4.78, 5) is 54.7. The molecule has 1 saturated carbocycles. The number of carboxylic acids is 1. The summed E-state index contributed by atoms with van der Waals surface area (Å²) in [7, 11) is 0. The van der Waals surface area contributed by atoms with Crippen LogP contribution in [-0.2, 0) is 19.1 Å². The molecule has 1 aromatic carbocycles. The molecular formula is C25H31Cl2N3O6. The van der Waals surface area contributed by atoms with Crippen LogP contribution in [0.25, 0.3) is 0 Å². The van der Waals surface area contributed by atoms with Crippen LogP contribution < -0.4 is 5.32 Å². The van der Waals surface area contributed by atoms with E-state index in [1.807, 2.05) is 0 Å². The molecule has 4 rings (SSSR count). The molecule has 2 N–H and O–H groups in total. The Labute approximate surface area is 220 Å². The summed E-state index contributed by atoms with van der Waals surface area (Å²) >= 11 is 12.1. The van der Waals surface area contributed by atoms with Crippen molar-refractivity contribution in [1.29, 1.82) is 0 Å². The SMILES string of the molecule is O=C(O)CC(NC(=O)C1N(C(=O)c2ccc(Cl)c(Cl)c2)CCN1C(=O)C1CCCO1)C1CCCCC1. The molecule has 2 saturated heterocycles. The Morgan fingerprint density at radius 3 is 2.36 bits per heavy atom. The summed E-state index contributed by atoms with van der Waals surface area (Å²) in [6.45, 7) is 0.773. The number of halogens is 2. The van der Waals surface area contributed by atoms with Crippen LogP contribution in [0.15, 0.2) is 18.2 Å². The normalized spacial score (nSPS) is 23.5. The highest BCUT2D eigenvalue weighted by molar-refractivity contribution is 6.42. The minimum absolute atomic E-state index is 0.0294. The Morgan fingerprint density at radius 2 is 1.72 bits per heavy atom. The number of carbonyl (C=O) groups is 4. The average molecular weight is 540 g/mol. The fourth-order valence-corrected chi connectivity index (χ4v) is 5.72. The van der Waals surface area contributed by atoms with Crippen LogP contribution in [0.2, 0.25) is 10.0 Å². The van der Waals surface area contributed by atoms with Gasteiger partial charge in [0, 0.05) is 31.3 Å². The van der Waals surface area contributed by atoms with Crippen LogP contribution in [0.5, 0.6) is 0 Å². The minimum atomic E-state index is -1.22. The van der Waals surface area contributed by atoms with Gasteiger partial charge in [0.05, 0.1) is 16.5 Å². The zero-order valence-electron chi connectivity index (χ0n) is 20.0. The summed E-state index contributed by atoms with van der Waals surface area (Å²) in [6.07, 6.45) is 3.89. The van der Waals surface area contributed by atoms with Crippen molar-refractivity contribution in [3.05, 3.63) is 33.8 Å². The van der Waals surface area contributed by atoms with Gasteiger partial charge >= 0.3 is 5.97 Å². The van der Waals surface area contributed by atoms with E-state index in [0.717, 1.165) is 38.5 Å². The molecule has 3 unspecified atom stereocenters. The van der Waals surface area contributed by atoms with Gasteiger partial charge in [0.25, 0.3) is 17.7 Å². The second-order valence-corrected chi connectivity index (χ2v) is 10.5.